The van der Waals surface area contributed by atoms with E-state index in [1.807, 2.05) is 13.0 Å². The Labute approximate surface area is 116 Å². The Hall–Kier alpha value is -2.43. The van der Waals surface area contributed by atoms with Crippen LogP contribution in [0, 0.1) is 12.8 Å². The number of nitrogens with one attached hydrogen (secondary N) is 1. The van der Waals surface area contributed by atoms with Gasteiger partial charge in [0.05, 0.1) is 5.69 Å². The maximum absolute atomic E-state index is 11.7. The van der Waals surface area contributed by atoms with Gasteiger partial charge in [0.25, 0.3) is 0 Å². The molecule has 0 spiro atoms. The molecule has 20 heavy (non-hydrogen) atoms. The molecule has 1 fully saturated rings. The summed E-state index contributed by atoms with van der Waals surface area (Å²) in [7, 11) is 0. The van der Waals surface area contributed by atoms with Crippen molar-refractivity contribution in [3.05, 3.63) is 36.2 Å². The van der Waals surface area contributed by atoms with Gasteiger partial charge in [-0.05, 0) is 43.5 Å². The number of phenolic OH excluding ortho intramolecular Hbond substituents is 1. The molecule has 0 atom stereocenters. The number of carbonyl (C=O) groups is 1. The largest absolute Gasteiger partial charge is 0.508 e. The molecule has 0 radical (unpaired) electrons. The molecule has 1 aromatic heterocycles. The SMILES string of the molecule is Cc1cc(-c2cc(NC(=O)C3CC3)ncn2)ccc1O. The molecule has 1 saturated carbocycles. The second-order valence-corrected chi connectivity index (χ2v) is 5.05. The van der Waals surface area contributed by atoms with Gasteiger partial charge in [0.2, 0.25) is 5.91 Å². The molecule has 5 nitrogen and oxygen atoms in total. The van der Waals surface area contributed by atoms with Crippen molar-refractivity contribution < 1.29 is 9.90 Å². The number of phenols is 1. The van der Waals surface area contributed by atoms with Crippen LogP contribution in [-0.4, -0.2) is 21.0 Å². The Kier molecular flexibility index (Phi) is 3.10. The van der Waals surface area contributed by atoms with E-state index < -0.39 is 0 Å². The predicted octanol–water partition coefficient (Wildman–Crippen LogP) is 2.51. The van der Waals surface area contributed by atoms with Crippen molar-refractivity contribution in [2.75, 3.05) is 5.32 Å². The molecule has 0 unspecified atom stereocenters. The molecule has 1 amide bonds. The summed E-state index contributed by atoms with van der Waals surface area (Å²) >= 11 is 0. The molecule has 2 aromatic rings. The summed E-state index contributed by atoms with van der Waals surface area (Å²) in [5, 5.41) is 12.3. The predicted molar refractivity (Wildman–Crippen MR) is 75.2 cm³/mol. The van der Waals surface area contributed by atoms with E-state index in [1.54, 1.807) is 18.2 Å². The van der Waals surface area contributed by atoms with Crippen LogP contribution in [0.25, 0.3) is 11.3 Å². The Morgan fingerprint density at radius 1 is 1.30 bits per heavy atom. The molecule has 102 valence electrons. The van der Waals surface area contributed by atoms with E-state index >= 15 is 0 Å². The number of carbonyl (C=O) groups excluding carboxylic acids is 1. The second-order valence-electron chi connectivity index (χ2n) is 5.05. The Bertz CT molecular complexity index is 666. The van der Waals surface area contributed by atoms with Gasteiger partial charge in [0.1, 0.15) is 17.9 Å². The summed E-state index contributed by atoms with van der Waals surface area (Å²) in [5.74, 6) is 0.934. The van der Waals surface area contributed by atoms with Crippen molar-refractivity contribution in [1.82, 2.24) is 9.97 Å². The van der Waals surface area contributed by atoms with Gasteiger partial charge in [0.15, 0.2) is 0 Å². The Morgan fingerprint density at radius 3 is 2.80 bits per heavy atom. The molecule has 1 aliphatic carbocycles. The lowest BCUT2D eigenvalue weighted by Gasteiger charge is -2.07. The smallest absolute Gasteiger partial charge is 0.228 e. The van der Waals surface area contributed by atoms with Gasteiger partial charge in [-0.3, -0.25) is 4.79 Å². The van der Waals surface area contributed by atoms with Crippen molar-refractivity contribution in [2.45, 2.75) is 19.8 Å². The summed E-state index contributed by atoms with van der Waals surface area (Å²) in [6, 6.07) is 7.02. The van der Waals surface area contributed by atoms with E-state index in [1.165, 1.54) is 6.33 Å². The molecule has 0 saturated heterocycles. The van der Waals surface area contributed by atoms with E-state index in [-0.39, 0.29) is 17.6 Å². The molecule has 1 aliphatic rings. The van der Waals surface area contributed by atoms with Gasteiger partial charge in [-0.15, -0.1) is 0 Å². The first kappa shape index (κ1) is 12.6. The van der Waals surface area contributed by atoms with Crippen LogP contribution in [0.1, 0.15) is 18.4 Å². The molecule has 0 bridgehead atoms. The molecule has 1 heterocycles. The van der Waals surface area contributed by atoms with Gasteiger partial charge in [-0.2, -0.15) is 0 Å². The summed E-state index contributed by atoms with van der Waals surface area (Å²) in [4.78, 5) is 20.0. The van der Waals surface area contributed by atoms with Crippen molar-refractivity contribution in [3.8, 4) is 17.0 Å². The van der Waals surface area contributed by atoms with Gasteiger partial charge >= 0.3 is 0 Å². The standard InChI is InChI=1S/C15H15N3O2/c1-9-6-11(4-5-13(9)19)12-7-14(17-8-16-12)18-15(20)10-2-3-10/h4-8,10,19H,2-3H2,1H3,(H,16,17,18,20). The monoisotopic (exact) mass is 269 g/mol. The van der Waals surface area contributed by atoms with Crippen molar-refractivity contribution in [3.63, 3.8) is 0 Å². The third kappa shape index (κ3) is 2.61. The van der Waals surface area contributed by atoms with Crippen LogP contribution < -0.4 is 5.32 Å². The third-order valence-corrected chi connectivity index (χ3v) is 3.36. The third-order valence-electron chi connectivity index (χ3n) is 3.36. The number of nitrogens with zero attached hydrogens (tertiary/aromatic N) is 2. The molecule has 1 aromatic carbocycles. The zero-order chi connectivity index (χ0) is 14.1. The van der Waals surface area contributed by atoms with Crippen LogP contribution in [0.3, 0.4) is 0 Å². The van der Waals surface area contributed by atoms with Gasteiger partial charge in [0, 0.05) is 17.5 Å². The number of amides is 1. The fourth-order valence-electron chi connectivity index (χ4n) is 1.97. The van der Waals surface area contributed by atoms with Crippen LogP contribution in [0.15, 0.2) is 30.6 Å². The summed E-state index contributed by atoms with van der Waals surface area (Å²) in [6.07, 6.45) is 3.35. The van der Waals surface area contributed by atoms with Crippen LogP contribution in [0.2, 0.25) is 0 Å². The van der Waals surface area contributed by atoms with Crippen molar-refractivity contribution in [2.24, 2.45) is 5.92 Å². The average molecular weight is 269 g/mol. The lowest BCUT2D eigenvalue weighted by molar-refractivity contribution is -0.117. The van der Waals surface area contributed by atoms with E-state index in [0.717, 1.165) is 24.0 Å². The zero-order valence-electron chi connectivity index (χ0n) is 11.1. The summed E-state index contributed by atoms with van der Waals surface area (Å²) in [5.41, 5.74) is 2.38. The van der Waals surface area contributed by atoms with Crippen LogP contribution >= 0.6 is 0 Å². The molecule has 2 N–H and O–H groups in total. The number of aryl methyl sites for hydroxylation is 1. The minimum atomic E-state index is 0.0246. The van der Waals surface area contributed by atoms with Crippen molar-refractivity contribution >= 4 is 11.7 Å². The molecule has 0 aliphatic heterocycles. The number of benzene rings is 1. The lowest BCUT2D eigenvalue weighted by atomic mass is 10.1. The van der Waals surface area contributed by atoms with Crippen LogP contribution in [-0.2, 0) is 4.79 Å². The summed E-state index contributed by atoms with van der Waals surface area (Å²) < 4.78 is 0. The van der Waals surface area contributed by atoms with Gasteiger partial charge < -0.3 is 10.4 Å². The fourth-order valence-corrected chi connectivity index (χ4v) is 1.97. The lowest BCUT2D eigenvalue weighted by Crippen LogP contribution is -2.14. The normalized spacial score (nSPS) is 14.1. The van der Waals surface area contributed by atoms with E-state index in [0.29, 0.717) is 11.5 Å². The van der Waals surface area contributed by atoms with Gasteiger partial charge in [-0.25, -0.2) is 9.97 Å². The highest BCUT2D eigenvalue weighted by Crippen LogP contribution is 2.30. The quantitative estimate of drug-likeness (QED) is 0.897. The Morgan fingerprint density at radius 2 is 2.10 bits per heavy atom. The molecular weight excluding hydrogens is 254 g/mol. The highest BCUT2D eigenvalue weighted by atomic mass is 16.3. The number of anilines is 1. The highest BCUT2D eigenvalue weighted by Gasteiger charge is 2.29. The highest BCUT2D eigenvalue weighted by molar-refractivity contribution is 5.93. The number of hydrogen-bond donors (Lipinski definition) is 2. The molecular formula is C15H15N3O2. The fraction of sp³-hybridized carbons (Fsp3) is 0.267. The number of rotatable bonds is 3. The van der Waals surface area contributed by atoms with Crippen molar-refractivity contribution in [1.29, 1.82) is 0 Å². The van der Waals surface area contributed by atoms with Crippen LogP contribution in [0.4, 0.5) is 5.82 Å². The first-order valence-corrected chi connectivity index (χ1v) is 6.56. The van der Waals surface area contributed by atoms with E-state index in [4.69, 9.17) is 0 Å². The zero-order valence-corrected chi connectivity index (χ0v) is 11.1. The number of aromatic nitrogens is 2. The molecule has 5 heteroatoms. The second kappa shape index (κ2) is 4.92. The summed E-state index contributed by atoms with van der Waals surface area (Å²) in [6.45, 7) is 1.83. The maximum Gasteiger partial charge on any atom is 0.228 e. The Balaban J connectivity index is 1.86. The number of aromatic hydroxyl groups is 1. The number of hydrogen-bond acceptors (Lipinski definition) is 4. The van der Waals surface area contributed by atoms with E-state index in [9.17, 15) is 9.90 Å². The minimum absolute atomic E-state index is 0.0246. The topological polar surface area (TPSA) is 75.1 Å². The first-order chi connectivity index (χ1) is 9.63. The minimum Gasteiger partial charge on any atom is -0.508 e. The van der Waals surface area contributed by atoms with E-state index in [2.05, 4.69) is 15.3 Å². The van der Waals surface area contributed by atoms with Crippen LogP contribution in [0.5, 0.6) is 5.75 Å². The first-order valence-electron chi connectivity index (χ1n) is 6.56. The maximum atomic E-state index is 11.7. The van der Waals surface area contributed by atoms with Gasteiger partial charge in [-0.1, -0.05) is 0 Å². The average Bonchev–Trinajstić information content (AvgIpc) is 3.26. The molecule has 3 rings (SSSR count).